The number of carbonyl (C=O) groups is 1. The molecule has 1 amide bonds. The van der Waals surface area contributed by atoms with E-state index in [4.69, 9.17) is 0 Å². The first-order valence-electron chi connectivity index (χ1n) is 8.90. The lowest BCUT2D eigenvalue weighted by Crippen LogP contribution is -2.41. The Morgan fingerprint density at radius 3 is 2.71 bits per heavy atom. The topological polar surface area (TPSA) is 50.2 Å². The number of anilines is 1. The van der Waals surface area contributed by atoms with Crippen molar-refractivity contribution in [1.82, 2.24) is 14.9 Å². The summed E-state index contributed by atoms with van der Waals surface area (Å²) in [5.41, 5.74) is 1.09. The van der Waals surface area contributed by atoms with Crippen LogP contribution in [0.5, 0.6) is 0 Å². The SMILES string of the molecule is CCCCNC(=O)C1CCN(c2ncccc2-n2cccc2)CC1. The molecule has 2 aromatic heterocycles. The van der Waals surface area contributed by atoms with Gasteiger partial charge in [0.05, 0.1) is 5.69 Å². The zero-order chi connectivity index (χ0) is 16.8. The van der Waals surface area contributed by atoms with E-state index in [1.807, 2.05) is 36.8 Å². The number of nitrogens with one attached hydrogen (secondary N) is 1. The molecule has 1 aliphatic rings. The van der Waals surface area contributed by atoms with E-state index in [-0.39, 0.29) is 11.8 Å². The van der Waals surface area contributed by atoms with E-state index in [1.54, 1.807) is 0 Å². The first-order chi connectivity index (χ1) is 11.8. The maximum atomic E-state index is 12.2. The van der Waals surface area contributed by atoms with Crippen LogP contribution in [0.2, 0.25) is 0 Å². The highest BCUT2D eigenvalue weighted by molar-refractivity contribution is 5.79. The highest BCUT2D eigenvalue weighted by Crippen LogP contribution is 2.27. The number of hydrogen-bond acceptors (Lipinski definition) is 3. The van der Waals surface area contributed by atoms with E-state index in [2.05, 4.69) is 32.8 Å². The highest BCUT2D eigenvalue weighted by atomic mass is 16.1. The molecule has 3 heterocycles. The number of carbonyl (C=O) groups excluding carboxylic acids is 1. The van der Waals surface area contributed by atoms with Gasteiger partial charge >= 0.3 is 0 Å². The molecule has 128 valence electrons. The Bertz CT molecular complexity index is 645. The van der Waals surface area contributed by atoms with Crippen LogP contribution in [0.3, 0.4) is 0 Å². The average Bonchev–Trinajstić information content (AvgIpc) is 3.16. The lowest BCUT2D eigenvalue weighted by molar-refractivity contribution is -0.125. The predicted molar refractivity (Wildman–Crippen MR) is 96.4 cm³/mol. The molecule has 0 radical (unpaired) electrons. The molecule has 0 atom stereocenters. The molecule has 0 bridgehead atoms. The smallest absolute Gasteiger partial charge is 0.223 e. The summed E-state index contributed by atoms with van der Waals surface area (Å²) in [4.78, 5) is 19.1. The van der Waals surface area contributed by atoms with Crippen LogP contribution in [0.25, 0.3) is 5.69 Å². The van der Waals surface area contributed by atoms with E-state index in [1.165, 1.54) is 0 Å². The lowest BCUT2D eigenvalue weighted by Gasteiger charge is -2.33. The van der Waals surface area contributed by atoms with Gasteiger partial charge in [-0.15, -0.1) is 0 Å². The molecule has 0 unspecified atom stereocenters. The summed E-state index contributed by atoms with van der Waals surface area (Å²) < 4.78 is 2.09. The first kappa shape index (κ1) is 16.6. The van der Waals surface area contributed by atoms with Crippen LogP contribution in [0.15, 0.2) is 42.9 Å². The summed E-state index contributed by atoms with van der Waals surface area (Å²) in [5.74, 6) is 1.35. The summed E-state index contributed by atoms with van der Waals surface area (Å²) in [6, 6.07) is 8.09. The van der Waals surface area contributed by atoms with Gasteiger partial charge in [0.1, 0.15) is 0 Å². The van der Waals surface area contributed by atoms with Gasteiger partial charge < -0.3 is 14.8 Å². The van der Waals surface area contributed by atoms with E-state index < -0.39 is 0 Å². The summed E-state index contributed by atoms with van der Waals surface area (Å²) in [5, 5.41) is 3.06. The maximum Gasteiger partial charge on any atom is 0.223 e. The number of piperidine rings is 1. The Morgan fingerprint density at radius 2 is 2.00 bits per heavy atom. The van der Waals surface area contributed by atoms with E-state index in [0.29, 0.717) is 0 Å². The Hall–Kier alpha value is -2.30. The molecule has 1 aliphatic heterocycles. The van der Waals surface area contributed by atoms with Gasteiger partial charge in [-0.25, -0.2) is 4.98 Å². The monoisotopic (exact) mass is 326 g/mol. The van der Waals surface area contributed by atoms with Crippen LogP contribution < -0.4 is 10.2 Å². The third-order valence-corrected chi connectivity index (χ3v) is 4.64. The number of pyridine rings is 1. The summed E-state index contributed by atoms with van der Waals surface area (Å²) in [6.07, 6.45) is 9.85. The van der Waals surface area contributed by atoms with Gasteiger partial charge in [0.2, 0.25) is 5.91 Å². The van der Waals surface area contributed by atoms with Gasteiger partial charge in [-0.2, -0.15) is 0 Å². The standard InChI is InChI=1S/C19H26N4O/c1-2-3-10-21-19(24)16-8-14-23(15-9-16)18-17(7-6-11-20-18)22-12-4-5-13-22/h4-7,11-13,16H,2-3,8-10,14-15H2,1H3,(H,21,24). The third kappa shape index (κ3) is 3.78. The summed E-state index contributed by atoms with van der Waals surface area (Å²) in [7, 11) is 0. The molecule has 3 rings (SSSR count). The largest absolute Gasteiger partial charge is 0.356 e. The molecule has 5 nitrogen and oxygen atoms in total. The number of unbranched alkanes of at least 4 members (excludes halogenated alkanes) is 1. The van der Waals surface area contributed by atoms with Gasteiger partial charge in [0.15, 0.2) is 5.82 Å². The molecule has 0 spiro atoms. The third-order valence-electron chi connectivity index (χ3n) is 4.64. The number of amides is 1. The Morgan fingerprint density at radius 1 is 1.25 bits per heavy atom. The first-order valence-corrected chi connectivity index (χ1v) is 8.90. The molecule has 1 saturated heterocycles. The molecule has 0 aromatic carbocycles. The zero-order valence-corrected chi connectivity index (χ0v) is 14.3. The second-order valence-corrected chi connectivity index (χ2v) is 6.34. The molecule has 1 fully saturated rings. The molecular formula is C19H26N4O. The van der Waals surface area contributed by atoms with E-state index >= 15 is 0 Å². The van der Waals surface area contributed by atoms with Crippen LogP contribution >= 0.6 is 0 Å². The Kier molecular flexibility index (Phi) is 5.51. The number of nitrogens with zero attached hydrogens (tertiary/aromatic N) is 3. The molecule has 2 aromatic rings. The Balaban J connectivity index is 1.62. The van der Waals surface area contributed by atoms with E-state index in [9.17, 15) is 4.79 Å². The average molecular weight is 326 g/mol. The van der Waals surface area contributed by atoms with Crippen LogP contribution in [0.1, 0.15) is 32.6 Å². The fourth-order valence-electron chi connectivity index (χ4n) is 3.21. The van der Waals surface area contributed by atoms with Crippen molar-refractivity contribution in [2.75, 3.05) is 24.5 Å². The van der Waals surface area contributed by atoms with Gasteiger partial charge in [-0.05, 0) is 43.5 Å². The second kappa shape index (κ2) is 7.99. The molecule has 24 heavy (non-hydrogen) atoms. The summed E-state index contributed by atoms with van der Waals surface area (Å²) >= 11 is 0. The molecule has 1 N–H and O–H groups in total. The van der Waals surface area contributed by atoms with Crippen molar-refractivity contribution >= 4 is 11.7 Å². The fourth-order valence-corrected chi connectivity index (χ4v) is 3.21. The highest BCUT2D eigenvalue weighted by Gasteiger charge is 2.26. The number of rotatable bonds is 6. The Labute approximate surface area is 143 Å². The van der Waals surface area contributed by atoms with Crippen LogP contribution in [-0.4, -0.2) is 35.1 Å². The summed E-state index contributed by atoms with van der Waals surface area (Å²) in [6.45, 7) is 4.68. The minimum Gasteiger partial charge on any atom is -0.356 e. The lowest BCUT2D eigenvalue weighted by atomic mass is 9.95. The van der Waals surface area contributed by atoms with Crippen molar-refractivity contribution in [3.8, 4) is 5.69 Å². The van der Waals surface area contributed by atoms with Crippen molar-refractivity contribution in [3.05, 3.63) is 42.9 Å². The fraction of sp³-hybridized carbons (Fsp3) is 0.474. The molecule has 5 heteroatoms. The minimum absolute atomic E-state index is 0.136. The van der Waals surface area contributed by atoms with Crippen LogP contribution in [0.4, 0.5) is 5.82 Å². The van der Waals surface area contributed by atoms with Crippen LogP contribution in [0, 0.1) is 5.92 Å². The second-order valence-electron chi connectivity index (χ2n) is 6.34. The van der Waals surface area contributed by atoms with Gasteiger partial charge in [-0.3, -0.25) is 4.79 Å². The van der Waals surface area contributed by atoms with Crippen molar-refractivity contribution in [3.63, 3.8) is 0 Å². The van der Waals surface area contributed by atoms with Gasteiger partial charge in [0.25, 0.3) is 0 Å². The predicted octanol–water partition coefficient (Wildman–Crippen LogP) is 3.01. The van der Waals surface area contributed by atoms with E-state index in [0.717, 1.165) is 56.8 Å². The molecule has 0 aliphatic carbocycles. The molecule has 0 saturated carbocycles. The van der Waals surface area contributed by atoms with Gasteiger partial charge in [-0.1, -0.05) is 13.3 Å². The molecular weight excluding hydrogens is 300 g/mol. The van der Waals surface area contributed by atoms with Crippen molar-refractivity contribution < 1.29 is 4.79 Å². The van der Waals surface area contributed by atoms with Crippen molar-refractivity contribution in [1.29, 1.82) is 0 Å². The number of hydrogen-bond donors (Lipinski definition) is 1. The van der Waals surface area contributed by atoms with Crippen molar-refractivity contribution in [2.24, 2.45) is 5.92 Å². The van der Waals surface area contributed by atoms with Gasteiger partial charge in [0, 0.05) is 44.1 Å². The van der Waals surface area contributed by atoms with Crippen LogP contribution in [-0.2, 0) is 4.79 Å². The zero-order valence-electron chi connectivity index (χ0n) is 14.3. The number of aromatic nitrogens is 2. The minimum atomic E-state index is 0.136. The maximum absolute atomic E-state index is 12.2. The quantitative estimate of drug-likeness (QED) is 0.830. The normalized spacial score (nSPS) is 15.5. The van der Waals surface area contributed by atoms with Crippen molar-refractivity contribution in [2.45, 2.75) is 32.6 Å².